The first kappa shape index (κ1) is 13.8. The third-order valence-corrected chi connectivity index (χ3v) is 3.36. The Kier molecular flexibility index (Phi) is 4.76. The van der Waals surface area contributed by atoms with Crippen LogP contribution in [0.2, 0.25) is 0 Å². The molecule has 5 heteroatoms. The van der Waals surface area contributed by atoms with E-state index in [1.54, 1.807) is 7.11 Å². The van der Waals surface area contributed by atoms with Crippen LogP contribution in [0, 0.1) is 0 Å². The Balaban J connectivity index is 2.04. The number of methoxy groups -OCH3 is 1. The van der Waals surface area contributed by atoms with Gasteiger partial charge in [-0.1, -0.05) is 12.1 Å². The maximum absolute atomic E-state index is 11.4. The Hall–Kier alpha value is -1.59. The molecule has 19 heavy (non-hydrogen) atoms. The van der Waals surface area contributed by atoms with Crippen LogP contribution in [-0.2, 0) is 16.0 Å². The van der Waals surface area contributed by atoms with E-state index in [-0.39, 0.29) is 0 Å². The fraction of sp³-hybridized carbons (Fsp3) is 0.500. The van der Waals surface area contributed by atoms with Crippen LogP contribution in [0.25, 0.3) is 0 Å². The third kappa shape index (κ3) is 3.68. The second-order valence-electron chi connectivity index (χ2n) is 4.55. The number of carbonyl (C=O) groups is 1. The lowest BCUT2D eigenvalue weighted by atomic mass is 10.0. The average Bonchev–Trinajstić information content (AvgIpc) is 2.46. The Morgan fingerprint density at radius 2 is 2.00 bits per heavy atom. The monoisotopic (exact) mass is 265 g/mol. The number of benzene rings is 1. The van der Waals surface area contributed by atoms with E-state index in [2.05, 4.69) is 0 Å². The number of carboxylic acid groups (broad SMARTS) is 1. The molecule has 0 amide bonds. The second kappa shape index (κ2) is 6.54. The molecule has 0 spiro atoms. The molecule has 0 radical (unpaired) electrons. The van der Waals surface area contributed by atoms with Crippen LogP contribution >= 0.6 is 0 Å². The molecule has 1 aliphatic heterocycles. The van der Waals surface area contributed by atoms with E-state index in [4.69, 9.17) is 9.47 Å². The molecule has 1 N–H and O–H groups in total. The van der Waals surface area contributed by atoms with Crippen LogP contribution in [-0.4, -0.2) is 55.4 Å². The van der Waals surface area contributed by atoms with E-state index >= 15 is 0 Å². The predicted molar refractivity (Wildman–Crippen MR) is 70.5 cm³/mol. The molecule has 2 rings (SSSR count). The molecule has 5 nitrogen and oxygen atoms in total. The Morgan fingerprint density at radius 1 is 1.37 bits per heavy atom. The summed E-state index contributed by atoms with van der Waals surface area (Å²) in [5, 5.41) is 9.38. The van der Waals surface area contributed by atoms with Gasteiger partial charge in [-0.05, 0) is 24.1 Å². The molecule has 0 aromatic heterocycles. The van der Waals surface area contributed by atoms with Gasteiger partial charge in [0.15, 0.2) is 0 Å². The fourth-order valence-corrected chi connectivity index (χ4v) is 2.25. The van der Waals surface area contributed by atoms with E-state index in [1.165, 1.54) is 0 Å². The molecule has 0 bridgehead atoms. The SMILES string of the molecule is COc1ccc(C[C@H](C(=O)O)N2CCOCC2)cc1. The highest BCUT2D eigenvalue weighted by Gasteiger charge is 2.27. The van der Waals surface area contributed by atoms with Gasteiger partial charge in [0.1, 0.15) is 11.8 Å². The van der Waals surface area contributed by atoms with Crippen molar-refractivity contribution >= 4 is 5.97 Å². The lowest BCUT2D eigenvalue weighted by Gasteiger charge is -2.32. The van der Waals surface area contributed by atoms with Gasteiger partial charge in [0.2, 0.25) is 0 Å². The maximum Gasteiger partial charge on any atom is 0.321 e. The molecule has 0 aliphatic carbocycles. The van der Waals surface area contributed by atoms with Gasteiger partial charge in [0.05, 0.1) is 20.3 Å². The van der Waals surface area contributed by atoms with Gasteiger partial charge in [0.25, 0.3) is 0 Å². The molecule has 104 valence electrons. The minimum Gasteiger partial charge on any atom is -0.497 e. The number of carboxylic acids is 1. The van der Waals surface area contributed by atoms with E-state index in [0.29, 0.717) is 32.7 Å². The van der Waals surface area contributed by atoms with Gasteiger partial charge in [-0.3, -0.25) is 9.69 Å². The number of ether oxygens (including phenoxy) is 2. The lowest BCUT2D eigenvalue weighted by molar-refractivity contribution is -0.145. The molecule has 1 saturated heterocycles. The number of aliphatic carboxylic acids is 1. The zero-order chi connectivity index (χ0) is 13.7. The van der Waals surface area contributed by atoms with Crippen LogP contribution in [0.15, 0.2) is 24.3 Å². The first-order valence-corrected chi connectivity index (χ1v) is 6.38. The zero-order valence-electron chi connectivity index (χ0n) is 11.0. The maximum atomic E-state index is 11.4. The Morgan fingerprint density at radius 3 is 2.53 bits per heavy atom. The van der Waals surface area contributed by atoms with Crippen molar-refractivity contribution in [3.63, 3.8) is 0 Å². The van der Waals surface area contributed by atoms with Crippen molar-refractivity contribution in [2.45, 2.75) is 12.5 Å². The van der Waals surface area contributed by atoms with Crippen molar-refractivity contribution in [1.29, 1.82) is 0 Å². The van der Waals surface area contributed by atoms with Crippen molar-refractivity contribution in [1.82, 2.24) is 4.90 Å². The van der Waals surface area contributed by atoms with Crippen molar-refractivity contribution < 1.29 is 19.4 Å². The zero-order valence-corrected chi connectivity index (χ0v) is 11.0. The van der Waals surface area contributed by atoms with Gasteiger partial charge in [0, 0.05) is 13.1 Å². The van der Waals surface area contributed by atoms with Gasteiger partial charge < -0.3 is 14.6 Å². The van der Waals surface area contributed by atoms with Crippen molar-refractivity contribution in [3.05, 3.63) is 29.8 Å². The summed E-state index contributed by atoms with van der Waals surface area (Å²) in [5.74, 6) is -0.000263. The van der Waals surface area contributed by atoms with Crippen LogP contribution in [0.5, 0.6) is 5.75 Å². The van der Waals surface area contributed by atoms with Gasteiger partial charge >= 0.3 is 5.97 Å². The van der Waals surface area contributed by atoms with E-state index in [1.807, 2.05) is 29.2 Å². The third-order valence-electron chi connectivity index (χ3n) is 3.36. The van der Waals surface area contributed by atoms with Crippen LogP contribution in [0.4, 0.5) is 0 Å². The summed E-state index contributed by atoms with van der Waals surface area (Å²) in [4.78, 5) is 13.4. The molecule has 1 aromatic carbocycles. The molecular formula is C14H19NO4. The molecule has 1 aliphatic rings. The summed E-state index contributed by atoms with van der Waals surface area (Å²) >= 11 is 0. The largest absolute Gasteiger partial charge is 0.497 e. The standard InChI is InChI=1S/C14H19NO4/c1-18-12-4-2-11(3-5-12)10-13(14(16)17)15-6-8-19-9-7-15/h2-5,13H,6-10H2,1H3,(H,16,17)/t13-/m1/s1. The first-order valence-electron chi connectivity index (χ1n) is 6.38. The molecule has 1 atom stereocenters. The van der Waals surface area contributed by atoms with Gasteiger partial charge in [-0.25, -0.2) is 0 Å². The summed E-state index contributed by atoms with van der Waals surface area (Å²) in [7, 11) is 1.61. The van der Waals surface area contributed by atoms with Gasteiger partial charge in [-0.15, -0.1) is 0 Å². The minimum atomic E-state index is -0.780. The Bertz CT molecular complexity index is 412. The highest BCUT2D eigenvalue weighted by atomic mass is 16.5. The summed E-state index contributed by atoms with van der Waals surface area (Å²) in [6.45, 7) is 2.55. The number of hydrogen-bond donors (Lipinski definition) is 1. The number of morpholine rings is 1. The average molecular weight is 265 g/mol. The van der Waals surface area contributed by atoms with E-state index < -0.39 is 12.0 Å². The molecule has 1 heterocycles. The smallest absolute Gasteiger partial charge is 0.321 e. The van der Waals surface area contributed by atoms with E-state index in [9.17, 15) is 9.90 Å². The molecule has 1 fully saturated rings. The van der Waals surface area contributed by atoms with Crippen LogP contribution in [0.1, 0.15) is 5.56 Å². The summed E-state index contributed by atoms with van der Waals surface area (Å²) in [6.07, 6.45) is 0.499. The molecule has 1 aromatic rings. The normalized spacial score (nSPS) is 17.9. The highest BCUT2D eigenvalue weighted by Crippen LogP contribution is 2.15. The van der Waals surface area contributed by atoms with Crippen LogP contribution < -0.4 is 4.74 Å². The molecule has 0 saturated carbocycles. The summed E-state index contributed by atoms with van der Waals surface area (Å²) < 4.78 is 10.4. The lowest BCUT2D eigenvalue weighted by Crippen LogP contribution is -2.48. The van der Waals surface area contributed by atoms with Crippen molar-refractivity contribution in [3.8, 4) is 5.75 Å². The quantitative estimate of drug-likeness (QED) is 0.861. The summed E-state index contributed by atoms with van der Waals surface area (Å²) in [5.41, 5.74) is 1.000. The molecular weight excluding hydrogens is 246 g/mol. The summed E-state index contributed by atoms with van der Waals surface area (Å²) in [6, 6.07) is 7.04. The fourth-order valence-electron chi connectivity index (χ4n) is 2.25. The number of hydrogen-bond acceptors (Lipinski definition) is 4. The van der Waals surface area contributed by atoms with Crippen molar-refractivity contribution in [2.75, 3.05) is 33.4 Å². The molecule has 0 unspecified atom stereocenters. The van der Waals surface area contributed by atoms with Crippen molar-refractivity contribution in [2.24, 2.45) is 0 Å². The van der Waals surface area contributed by atoms with Gasteiger partial charge in [-0.2, -0.15) is 0 Å². The number of nitrogens with zero attached hydrogens (tertiary/aromatic N) is 1. The highest BCUT2D eigenvalue weighted by molar-refractivity contribution is 5.74. The van der Waals surface area contributed by atoms with E-state index in [0.717, 1.165) is 11.3 Å². The Labute approximate surface area is 112 Å². The second-order valence-corrected chi connectivity index (χ2v) is 4.55. The minimum absolute atomic E-state index is 0.489. The first-order chi connectivity index (χ1) is 9.20. The topological polar surface area (TPSA) is 59.0 Å². The van der Waals surface area contributed by atoms with Crippen LogP contribution in [0.3, 0.4) is 0 Å². The predicted octanol–water partition coefficient (Wildman–Crippen LogP) is 1.02. The number of rotatable bonds is 5.